The minimum absolute atomic E-state index is 0.232. The van der Waals surface area contributed by atoms with Gasteiger partial charge in [-0.1, -0.05) is 12.1 Å². The van der Waals surface area contributed by atoms with Gasteiger partial charge in [-0.05, 0) is 69.0 Å². The van der Waals surface area contributed by atoms with E-state index in [4.69, 9.17) is 25.4 Å². The SMILES string of the molecule is Cc1c(-c2ccc(C(F)(F)F)cc2)oc2cc(OCCCCCCOc3cc(N)ccc3N)ccc2c1=O. The largest absolute Gasteiger partial charge is 0.493 e. The van der Waals surface area contributed by atoms with Crippen molar-refractivity contribution in [2.45, 2.75) is 38.8 Å². The van der Waals surface area contributed by atoms with Crippen LogP contribution in [0.5, 0.6) is 11.5 Å². The number of halogens is 3. The van der Waals surface area contributed by atoms with E-state index in [1.807, 2.05) is 0 Å². The summed E-state index contributed by atoms with van der Waals surface area (Å²) in [6, 6.07) is 14.7. The lowest BCUT2D eigenvalue weighted by Gasteiger charge is -2.11. The summed E-state index contributed by atoms with van der Waals surface area (Å²) in [6.07, 6.45) is -0.859. The predicted octanol–water partition coefficient (Wildman–Crippen LogP) is 6.97. The van der Waals surface area contributed by atoms with Gasteiger partial charge in [0, 0.05) is 28.9 Å². The molecular formula is C29H29F3N2O4. The Hall–Kier alpha value is -4.14. The van der Waals surface area contributed by atoms with Crippen molar-refractivity contribution in [3.63, 3.8) is 0 Å². The second-order valence-electron chi connectivity index (χ2n) is 9.03. The Balaban J connectivity index is 1.32. The van der Waals surface area contributed by atoms with Gasteiger partial charge in [-0.25, -0.2) is 0 Å². The van der Waals surface area contributed by atoms with Crippen LogP contribution >= 0.6 is 0 Å². The molecule has 0 unspecified atom stereocenters. The van der Waals surface area contributed by atoms with Crippen LogP contribution in [-0.4, -0.2) is 13.2 Å². The second kappa shape index (κ2) is 11.5. The molecule has 0 radical (unpaired) electrons. The molecule has 0 saturated carbocycles. The number of benzene rings is 3. The smallest absolute Gasteiger partial charge is 0.416 e. The molecule has 0 bridgehead atoms. The van der Waals surface area contributed by atoms with Crippen LogP contribution in [0.3, 0.4) is 0 Å². The lowest BCUT2D eigenvalue weighted by atomic mass is 10.0. The molecule has 1 aromatic heterocycles. The quantitative estimate of drug-likeness (QED) is 0.171. The van der Waals surface area contributed by atoms with Gasteiger partial charge in [0.1, 0.15) is 22.8 Å². The molecule has 6 nitrogen and oxygen atoms in total. The van der Waals surface area contributed by atoms with Gasteiger partial charge in [0.15, 0.2) is 5.43 Å². The van der Waals surface area contributed by atoms with Crippen molar-refractivity contribution in [2.24, 2.45) is 0 Å². The molecule has 38 heavy (non-hydrogen) atoms. The van der Waals surface area contributed by atoms with Gasteiger partial charge in [-0.15, -0.1) is 0 Å². The maximum Gasteiger partial charge on any atom is 0.416 e. The van der Waals surface area contributed by atoms with Gasteiger partial charge in [0.2, 0.25) is 0 Å². The molecule has 9 heteroatoms. The zero-order valence-electron chi connectivity index (χ0n) is 20.9. The highest BCUT2D eigenvalue weighted by Crippen LogP contribution is 2.33. The van der Waals surface area contributed by atoms with E-state index in [2.05, 4.69) is 0 Å². The molecular weight excluding hydrogens is 497 g/mol. The number of rotatable bonds is 10. The molecule has 4 rings (SSSR count). The van der Waals surface area contributed by atoms with E-state index in [0.717, 1.165) is 37.8 Å². The number of anilines is 2. The fourth-order valence-electron chi connectivity index (χ4n) is 4.05. The maximum atomic E-state index is 12.9. The number of unbranched alkanes of at least 4 members (excludes halogenated alkanes) is 3. The molecule has 1 heterocycles. The van der Waals surface area contributed by atoms with E-state index >= 15 is 0 Å². The molecule has 0 saturated heterocycles. The zero-order chi connectivity index (χ0) is 27.3. The van der Waals surface area contributed by atoms with Gasteiger partial charge in [0.05, 0.1) is 29.9 Å². The lowest BCUT2D eigenvalue weighted by molar-refractivity contribution is -0.137. The Kier molecular flexibility index (Phi) is 8.14. The first-order valence-electron chi connectivity index (χ1n) is 12.3. The number of ether oxygens (including phenoxy) is 2. The van der Waals surface area contributed by atoms with E-state index in [0.29, 0.717) is 58.2 Å². The van der Waals surface area contributed by atoms with Crippen LogP contribution in [0.4, 0.5) is 24.5 Å². The Morgan fingerprint density at radius 3 is 2.21 bits per heavy atom. The van der Waals surface area contributed by atoms with Crippen molar-refractivity contribution in [3.8, 4) is 22.8 Å². The minimum Gasteiger partial charge on any atom is -0.493 e. The lowest BCUT2D eigenvalue weighted by Crippen LogP contribution is -2.08. The molecule has 0 amide bonds. The van der Waals surface area contributed by atoms with Gasteiger partial charge in [-0.2, -0.15) is 13.2 Å². The monoisotopic (exact) mass is 526 g/mol. The summed E-state index contributed by atoms with van der Waals surface area (Å²) < 4.78 is 56.2. The van der Waals surface area contributed by atoms with Crippen molar-refractivity contribution < 1.29 is 27.1 Å². The maximum absolute atomic E-state index is 12.9. The van der Waals surface area contributed by atoms with E-state index < -0.39 is 11.7 Å². The van der Waals surface area contributed by atoms with Crippen LogP contribution in [0, 0.1) is 6.92 Å². The Labute approximate surface area is 218 Å². The minimum atomic E-state index is -4.44. The summed E-state index contributed by atoms with van der Waals surface area (Å²) >= 11 is 0. The van der Waals surface area contributed by atoms with E-state index in [9.17, 15) is 18.0 Å². The average Bonchev–Trinajstić information content (AvgIpc) is 2.89. The zero-order valence-corrected chi connectivity index (χ0v) is 20.9. The van der Waals surface area contributed by atoms with Crippen molar-refractivity contribution >= 4 is 22.3 Å². The molecule has 0 aliphatic heterocycles. The number of nitrogens with two attached hydrogens (primary N) is 2. The third kappa shape index (κ3) is 6.40. The van der Waals surface area contributed by atoms with Crippen molar-refractivity contribution in [2.75, 3.05) is 24.7 Å². The number of hydrogen-bond donors (Lipinski definition) is 2. The molecule has 4 N–H and O–H groups in total. The van der Waals surface area contributed by atoms with E-state index in [-0.39, 0.29) is 11.2 Å². The van der Waals surface area contributed by atoms with Crippen molar-refractivity contribution in [1.29, 1.82) is 0 Å². The number of hydrogen-bond acceptors (Lipinski definition) is 6. The summed E-state index contributed by atoms with van der Waals surface area (Å²) in [5.74, 6) is 1.37. The summed E-state index contributed by atoms with van der Waals surface area (Å²) in [5.41, 5.74) is 12.8. The van der Waals surface area contributed by atoms with Crippen LogP contribution in [0.15, 0.2) is 69.9 Å². The highest BCUT2D eigenvalue weighted by Gasteiger charge is 2.30. The number of alkyl halides is 3. The molecule has 0 atom stereocenters. The highest BCUT2D eigenvalue weighted by atomic mass is 19.4. The molecule has 0 spiro atoms. The fourth-order valence-corrected chi connectivity index (χ4v) is 4.05. The molecule has 200 valence electrons. The van der Waals surface area contributed by atoms with Crippen LogP contribution < -0.4 is 26.4 Å². The summed E-state index contributed by atoms with van der Waals surface area (Å²) in [6.45, 7) is 2.62. The molecule has 4 aromatic rings. The Bertz CT molecular complexity index is 1460. The fraction of sp³-hybridized carbons (Fsp3) is 0.276. The van der Waals surface area contributed by atoms with Gasteiger partial charge in [0.25, 0.3) is 0 Å². The van der Waals surface area contributed by atoms with E-state index in [1.165, 1.54) is 12.1 Å². The Morgan fingerprint density at radius 2 is 1.53 bits per heavy atom. The number of fused-ring (bicyclic) bond motifs is 1. The first-order valence-corrected chi connectivity index (χ1v) is 12.3. The van der Waals surface area contributed by atoms with Gasteiger partial charge < -0.3 is 25.4 Å². The van der Waals surface area contributed by atoms with Crippen LogP contribution in [-0.2, 0) is 6.18 Å². The first-order chi connectivity index (χ1) is 18.1. The average molecular weight is 527 g/mol. The normalized spacial score (nSPS) is 11.6. The molecule has 0 aliphatic rings. The number of nitrogen functional groups attached to an aromatic ring is 2. The van der Waals surface area contributed by atoms with Crippen molar-refractivity contribution in [3.05, 3.63) is 82.0 Å². The van der Waals surface area contributed by atoms with Crippen molar-refractivity contribution in [1.82, 2.24) is 0 Å². The molecule has 0 fully saturated rings. The summed E-state index contributed by atoms with van der Waals surface area (Å²) in [7, 11) is 0. The van der Waals surface area contributed by atoms with Crippen LogP contribution in [0.2, 0.25) is 0 Å². The predicted molar refractivity (Wildman–Crippen MR) is 142 cm³/mol. The third-order valence-corrected chi connectivity index (χ3v) is 6.17. The van der Waals surface area contributed by atoms with E-state index in [1.54, 1.807) is 43.3 Å². The topological polar surface area (TPSA) is 101 Å². The van der Waals surface area contributed by atoms with Crippen LogP contribution in [0.1, 0.15) is 36.8 Å². The second-order valence-corrected chi connectivity index (χ2v) is 9.03. The Morgan fingerprint density at radius 1 is 0.842 bits per heavy atom. The van der Waals surface area contributed by atoms with Gasteiger partial charge >= 0.3 is 6.18 Å². The molecule has 0 aliphatic carbocycles. The summed E-state index contributed by atoms with van der Waals surface area (Å²) in [4.78, 5) is 12.9. The summed E-state index contributed by atoms with van der Waals surface area (Å²) in [5, 5.41) is 0.381. The highest BCUT2D eigenvalue weighted by molar-refractivity contribution is 5.81. The van der Waals surface area contributed by atoms with Crippen LogP contribution in [0.25, 0.3) is 22.3 Å². The first kappa shape index (κ1) is 26.9. The third-order valence-electron chi connectivity index (χ3n) is 6.17. The standard InChI is InChI=1S/C29H29F3N2O4/c1-18-27(35)23-12-11-22(17-25(23)38-28(18)19-6-8-20(9-7-19)29(30,31)32)36-14-4-2-3-5-15-37-26-16-21(33)10-13-24(26)34/h6-13,16-17H,2-5,14-15,33-34H2,1H3. The van der Waals surface area contributed by atoms with Gasteiger partial charge in [-0.3, -0.25) is 4.79 Å². The molecule has 3 aromatic carbocycles.